The molecule has 8 rings (SSSR count). The summed E-state index contributed by atoms with van der Waals surface area (Å²) in [7, 11) is -1.01. The van der Waals surface area contributed by atoms with E-state index < -0.39 is 36.5 Å². The summed E-state index contributed by atoms with van der Waals surface area (Å²) in [4.78, 5) is 0. The maximum Gasteiger partial charge on any atom is 0.563 e. The third-order valence-corrected chi connectivity index (χ3v) is 12.2. The van der Waals surface area contributed by atoms with Gasteiger partial charge in [-0.2, -0.15) is 0 Å². The Morgan fingerprint density at radius 2 is 0.880 bits per heavy atom. The molecule has 2 aliphatic heterocycles. The molecule has 1 spiro atoms. The minimum absolute atomic E-state index is 0.0321. The molecule has 4 aromatic carbocycles. The topological polar surface area (TPSA) is 36.9 Å². The van der Waals surface area contributed by atoms with Gasteiger partial charge in [0.15, 0.2) is 0 Å². The molecule has 0 atom stereocenters. The molecule has 2 fully saturated rings. The van der Waals surface area contributed by atoms with Crippen molar-refractivity contribution in [3.8, 4) is 22.3 Å². The first-order chi connectivity index (χ1) is 23.1. The summed E-state index contributed by atoms with van der Waals surface area (Å²) in [5.41, 5.74) is 12.7. The second-order valence-corrected chi connectivity index (χ2v) is 18.5. The quantitative estimate of drug-likeness (QED) is 0.173. The molecule has 4 aliphatic rings. The highest BCUT2D eigenvalue weighted by Crippen LogP contribution is 2.63. The highest BCUT2D eigenvalue weighted by Gasteiger charge is 2.56. The summed E-state index contributed by atoms with van der Waals surface area (Å²) in [6, 6.07) is 27.9. The van der Waals surface area contributed by atoms with E-state index in [9.17, 15) is 0 Å². The molecule has 0 radical (unpaired) electrons. The lowest BCUT2D eigenvalue weighted by atomic mass is 9.66. The van der Waals surface area contributed by atoms with Gasteiger partial charge in [-0.25, -0.2) is 0 Å². The lowest BCUT2D eigenvalue weighted by Gasteiger charge is -2.33. The fourth-order valence-corrected chi connectivity index (χ4v) is 8.23. The van der Waals surface area contributed by atoms with Crippen molar-refractivity contribution in [2.75, 3.05) is 0 Å². The van der Waals surface area contributed by atoms with Gasteiger partial charge in [0, 0.05) is 0 Å². The molecule has 0 amide bonds. The van der Waals surface area contributed by atoms with Crippen molar-refractivity contribution in [1.82, 2.24) is 0 Å². The lowest BCUT2D eigenvalue weighted by Crippen LogP contribution is -2.41. The molecule has 2 aliphatic carbocycles. The second kappa shape index (κ2) is 10.3. The molecule has 4 nitrogen and oxygen atoms in total. The molecule has 2 heterocycles. The Bertz CT molecular complexity index is 2030. The zero-order chi connectivity index (χ0) is 36.0. The molecular formula is C44H50B2O4. The molecule has 0 N–H and O–H groups in total. The van der Waals surface area contributed by atoms with Gasteiger partial charge in [0.2, 0.25) is 0 Å². The van der Waals surface area contributed by atoms with Crippen LogP contribution in [0.4, 0.5) is 0 Å². The molecule has 4 aromatic rings. The van der Waals surface area contributed by atoms with E-state index in [1.54, 1.807) is 0 Å². The number of hydrogen-bond acceptors (Lipinski definition) is 4. The molecule has 2 saturated heterocycles. The molecule has 0 saturated carbocycles. The second-order valence-electron chi connectivity index (χ2n) is 18.5. The number of hydrogen-bond donors (Lipinski definition) is 0. The Morgan fingerprint density at radius 1 is 0.500 bits per heavy atom. The summed E-state index contributed by atoms with van der Waals surface area (Å²) in [6.07, 6.45) is 0. The fourth-order valence-electron chi connectivity index (χ4n) is 8.23. The molecule has 0 unspecified atom stereocenters. The van der Waals surface area contributed by atoms with Gasteiger partial charge in [-0.05, 0) is 119 Å². The van der Waals surface area contributed by atoms with Crippen molar-refractivity contribution in [3.05, 3.63) is 119 Å². The van der Waals surface area contributed by atoms with Crippen LogP contribution in [0.5, 0.6) is 0 Å². The normalized spacial score (nSPS) is 20.5. The maximum absolute atomic E-state index is 6.66. The van der Waals surface area contributed by atoms with E-state index in [2.05, 4.69) is 149 Å². The SMILES string of the molecule is C=C1OB(c2ccc3c(c2)C2(c4cc(B5OC(C)(C)C(C)(C)O5)ccc4-3)c3cc(C(C)(C)C)ccc3-c3ccc(C(C)(C)C)cc32)OC1(C)C. The Labute approximate surface area is 299 Å². The third-order valence-electron chi connectivity index (χ3n) is 12.2. The van der Waals surface area contributed by atoms with E-state index >= 15 is 0 Å². The molecule has 0 aromatic heterocycles. The largest absolute Gasteiger partial charge is 0.563 e. The Balaban J connectivity index is 1.45. The van der Waals surface area contributed by atoms with Gasteiger partial charge < -0.3 is 18.6 Å². The number of fused-ring (bicyclic) bond motifs is 10. The standard InChI is InChI=1S/C44H50B2O4/c1-26-41(8,9)48-45(47-26)29-16-20-33-34-21-17-30(46-49-42(10,11)43(12,13)50-46)25-38(34)44(37(33)24-29)35-22-27(39(2,3)4)14-18-31(35)32-19-15-28(23-36(32)44)40(5,6)7/h14-25H,1H2,2-13H3. The van der Waals surface area contributed by atoms with Crippen LogP contribution < -0.4 is 10.9 Å². The van der Waals surface area contributed by atoms with Crippen LogP contribution in [0.1, 0.15) is 116 Å². The summed E-state index contributed by atoms with van der Waals surface area (Å²) in [5, 5.41) is 0. The van der Waals surface area contributed by atoms with Gasteiger partial charge in [-0.3, -0.25) is 0 Å². The summed E-state index contributed by atoms with van der Waals surface area (Å²) in [6.45, 7) is 30.5. The molecule has 256 valence electrons. The van der Waals surface area contributed by atoms with Crippen molar-refractivity contribution in [3.63, 3.8) is 0 Å². The highest BCUT2D eigenvalue weighted by atomic mass is 16.7. The fraction of sp³-hybridized carbons (Fsp3) is 0.409. The van der Waals surface area contributed by atoms with E-state index in [-0.39, 0.29) is 10.8 Å². The predicted molar refractivity (Wildman–Crippen MR) is 207 cm³/mol. The van der Waals surface area contributed by atoms with Crippen LogP contribution in [0.3, 0.4) is 0 Å². The van der Waals surface area contributed by atoms with Gasteiger partial charge in [0.25, 0.3) is 0 Å². The Hall–Kier alpha value is -3.57. The van der Waals surface area contributed by atoms with Crippen LogP contribution >= 0.6 is 0 Å². The van der Waals surface area contributed by atoms with Crippen LogP contribution in [-0.2, 0) is 34.9 Å². The van der Waals surface area contributed by atoms with Crippen molar-refractivity contribution in [2.24, 2.45) is 0 Å². The zero-order valence-electron chi connectivity index (χ0n) is 31.9. The predicted octanol–water partition coefficient (Wildman–Crippen LogP) is 8.96. The van der Waals surface area contributed by atoms with Crippen LogP contribution in [0.25, 0.3) is 22.3 Å². The Kier molecular flexibility index (Phi) is 6.90. The van der Waals surface area contributed by atoms with Crippen LogP contribution in [0, 0.1) is 0 Å². The number of rotatable bonds is 2. The zero-order valence-corrected chi connectivity index (χ0v) is 31.9. The van der Waals surface area contributed by atoms with E-state index in [0.29, 0.717) is 5.76 Å². The van der Waals surface area contributed by atoms with Crippen molar-refractivity contribution in [2.45, 2.75) is 116 Å². The van der Waals surface area contributed by atoms with Crippen LogP contribution in [0.15, 0.2) is 85.1 Å². The van der Waals surface area contributed by atoms with Crippen molar-refractivity contribution >= 4 is 25.2 Å². The van der Waals surface area contributed by atoms with E-state index in [1.165, 1.54) is 55.6 Å². The van der Waals surface area contributed by atoms with Gasteiger partial charge in [-0.1, -0.05) is 121 Å². The van der Waals surface area contributed by atoms with E-state index in [4.69, 9.17) is 18.6 Å². The minimum Gasteiger partial charge on any atom is -0.534 e. The summed E-state index contributed by atoms with van der Waals surface area (Å²) in [5.74, 6) is 0.647. The van der Waals surface area contributed by atoms with E-state index in [1.807, 2.05) is 13.8 Å². The van der Waals surface area contributed by atoms with Crippen LogP contribution in [0.2, 0.25) is 0 Å². The molecular weight excluding hydrogens is 614 g/mol. The molecule has 6 heteroatoms. The van der Waals surface area contributed by atoms with Crippen molar-refractivity contribution in [1.29, 1.82) is 0 Å². The van der Waals surface area contributed by atoms with Gasteiger partial charge >= 0.3 is 14.2 Å². The van der Waals surface area contributed by atoms with Crippen LogP contribution in [-0.4, -0.2) is 31.0 Å². The number of benzene rings is 4. The summed E-state index contributed by atoms with van der Waals surface area (Å²) < 4.78 is 26.1. The highest BCUT2D eigenvalue weighted by molar-refractivity contribution is 6.63. The maximum atomic E-state index is 6.66. The first kappa shape index (κ1) is 33.6. The average molecular weight is 665 g/mol. The molecule has 50 heavy (non-hydrogen) atoms. The van der Waals surface area contributed by atoms with Gasteiger partial charge in [0.05, 0.1) is 22.4 Å². The summed E-state index contributed by atoms with van der Waals surface area (Å²) >= 11 is 0. The first-order valence-corrected chi connectivity index (χ1v) is 18.1. The van der Waals surface area contributed by atoms with Gasteiger partial charge in [-0.15, -0.1) is 0 Å². The van der Waals surface area contributed by atoms with Crippen molar-refractivity contribution < 1.29 is 18.6 Å². The first-order valence-electron chi connectivity index (χ1n) is 18.1. The third kappa shape index (κ3) is 4.64. The lowest BCUT2D eigenvalue weighted by molar-refractivity contribution is 0.00578. The van der Waals surface area contributed by atoms with Gasteiger partial charge in [0.1, 0.15) is 5.60 Å². The average Bonchev–Trinajstić information content (AvgIpc) is 3.66. The Morgan fingerprint density at radius 3 is 1.26 bits per heavy atom. The van der Waals surface area contributed by atoms with E-state index in [0.717, 1.165) is 10.9 Å². The minimum atomic E-state index is -0.585. The smallest absolute Gasteiger partial charge is 0.534 e. The molecule has 0 bridgehead atoms. The monoisotopic (exact) mass is 664 g/mol.